The molecule has 0 unspecified atom stereocenters. The van der Waals surface area contributed by atoms with E-state index in [0.29, 0.717) is 18.6 Å². The predicted molar refractivity (Wildman–Crippen MR) is 97.6 cm³/mol. The van der Waals surface area contributed by atoms with E-state index in [2.05, 4.69) is 0 Å². The summed E-state index contributed by atoms with van der Waals surface area (Å²) in [5, 5.41) is 0. The fourth-order valence-electron chi connectivity index (χ4n) is 2.76. The minimum atomic E-state index is -2.56. The molecule has 0 saturated carbocycles. The molecule has 0 aromatic heterocycles. The van der Waals surface area contributed by atoms with E-state index in [9.17, 15) is 0 Å². The van der Waals surface area contributed by atoms with Crippen LogP contribution in [0.4, 0.5) is 0 Å². The van der Waals surface area contributed by atoms with Crippen LogP contribution in [0.2, 0.25) is 12.1 Å². The van der Waals surface area contributed by atoms with Gasteiger partial charge in [0.05, 0.1) is 0 Å². The summed E-state index contributed by atoms with van der Waals surface area (Å²) >= 11 is 0. The molecule has 0 rings (SSSR count). The van der Waals surface area contributed by atoms with Gasteiger partial charge in [0.25, 0.3) is 0 Å². The van der Waals surface area contributed by atoms with Crippen LogP contribution in [0.15, 0.2) is 0 Å². The Hall–Kier alpha value is 0.114. The first-order chi connectivity index (χ1) is 11.3. The number of rotatable bonds is 15. The van der Waals surface area contributed by atoms with Gasteiger partial charge < -0.3 is 38.0 Å². The van der Waals surface area contributed by atoms with Crippen LogP contribution in [-0.4, -0.2) is 72.4 Å². The van der Waals surface area contributed by atoms with Crippen molar-refractivity contribution >= 4 is 17.6 Å². The van der Waals surface area contributed by atoms with Crippen molar-refractivity contribution in [1.82, 2.24) is 0 Å². The van der Waals surface area contributed by atoms with Gasteiger partial charge in [-0.15, -0.1) is 0 Å². The van der Waals surface area contributed by atoms with Gasteiger partial charge in [-0.25, -0.2) is 0 Å². The van der Waals surface area contributed by atoms with Gasteiger partial charge in [-0.05, 0) is 25.7 Å². The van der Waals surface area contributed by atoms with Crippen molar-refractivity contribution in [2.75, 3.05) is 49.2 Å². The van der Waals surface area contributed by atoms with E-state index in [1.807, 2.05) is 0 Å². The molecule has 0 aliphatic carbocycles. The van der Waals surface area contributed by atoms with Crippen molar-refractivity contribution < 1.29 is 26.6 Å². The maximum atomic E-state index is 6.47. The lowest BCUT2D eigenvalue weighted by atomic mass is 9.90. The second-order valence-electron chi connectivity index (χ2n) is 5.86. The summed E-state index contributed by atoms with van der Waals surface area (Å²) in [6.45, 7) is 0.413. The third-order valence-corrected chi connectivity index (χ3v) is 10.3. The molecule has 10 heteroatoms. The van der Waals surface area contributed by atoms with Crippen molar-refractivity contribution in [3.05, 3.63) is 0 Å². The molecule has 8 nitrogen and oxygen atoms in total. The van der Waals surface area contributed by atoms with Crippen LogP contribution < -0.4 is 11.5 Å². The zero-order valence-corrected chi connectivity index (χ0v) is 18.1. The average molecular weight is 385 g/mol. The van der Waals surface area contributed by atoms with Crippen LogP contribution in [0.1, 0.15) is 25.7 Å². The fourth-order valence-corrected chi connectivity index (χ4v) is 6.20. The van der Waals surface area contributed by atoms with Gasteiger partial charge in [0.15, 0.2) is 0 Å². The van der Waals surface area contributed by atoms with Crippen molar-refractivity contribution in [1.29, 1.82) is 0 Å². The van der Waals surface area contributed by atoms with Gasteiger partial charge in [0, 0.05) is 66.8 Å². The summed E-state index contributed by atoms with van der Waals surface area (Å²) < 4.78 is 32.6. The molecule has 0 bridgehead atoms. The molecule has 0 aliphatic rings. The summed E-state index contributed by atoms with van der Waals surface area (Å²) in [6, 6.07) is 1.42. The molecule has 0 fully saturated rings. The van der Waals surface area contributed by atoms with E-state index in [-0.39, 0.29) is 0 Å². The Labute approximate surface area is 148 Å². The maximum absolute atomic E-state index is 6.47. The average Bonchev–Trinajstić information content (AvgIpc) is 2.63. The normalized spacial score (nSPS) is 13.5. The van der Waals surface area contributed by atoms with Crippen LogP contribution in [0, 0.1) is 0 Å². The third-order valence-electron chi connectivity index (χ3n) is 4.59. The first-order valence-electron chi connectivity index (χ1n) is 8.14. The zero-order chi connectivity index (χ0) is 18.7. The maximum Gasteiger partial charge on any atom is 0.500 e. The number of nitrogens with two attached hydrogens (primary N) is 2. The molecule has 0 aliphatic heterocycles. The molecular weight excluding hydrogens is 348 g/mol. The van der Waals surface area contributed by atoms with Crippen molar-refractivity contribution in [2.24, 2.45) is 11.5 Å². The third kappa shape index (κ3) is 7.16. The highest BCUT2D eigenvalue weighted by Gasteiger charge is 2.39. The van der Waals surface area contributed by atoms with Crippen LogP contribution in [0.5, 0.6) is 0 Å². The molecule has 4 N–H and O–H groups in total. The molecule has 0 heterocycles. The largest absolute Gasteiger partial charge is 0.500 e. The monoisotopic (exact) mass is 384 g/mol. The Morgan fingerprint density at radius 3 is 1.17 bits per heavy atom. The minimum absolute atomic E-state index is 0.413. The van der Waals surface area contributed by atoms with Crippen molar-refractivity contribution in [3.63, 3.8) is 0 Å². The van der Waals surface area contributed by atoms with E-state index in [4.69, 9.17) is 38.0 Å². The summed E-state index contributed by atoms with van der Waals surface area (Å²) in [7, 11) is 4.56. The summed E-state index contributed by atoms with van der Waals surface area (Å²) in [4.78, 5) is 0. The van der Waals surface area contributed by atoms with Gasteiger partial charge in [0.2, 0.25) is 0 Å². The molecular formula is C14H36N2O6Si2. The van der Waals surface area contributed by atoms with E-state index in [1.54, 1.807) is 42.7 Å². The Morgan fingerprint density at radius 2 is 0.958 bits per heavy atom. The molecule has 146 valence electrons. The molecule has 0 spiro atoms. The van der Waals surface area contributed by atoms with Crippen molar-refractivity contribution in [2.45, 2.75) is 43.3 Å². The Bertz CT molecular complexity index is 288. The molecule has 0 aromatic rings. The topological polar surface area (TPSA) is 107 Å². The Kier molecular flexibility index (Phi) is 11.7. The highest BCUT2D eigenvalue weighted by Crippen LogP contribution is 2.25. The quantitative estimate of drug-likeness (QED) is 0.402. The smallest absolute Gasteiger partial charge is 0.377 e. The van der Waals surface area contributed by atoms with E-state index >= 15 is 0 Å². The van der Waals surface area contributed by atoms with Crippen molar-refractivity contribution in [3.8, 4) is 0 Å². The minimum Gasteiger partial charge on any atom is -0.377 e. The van der Waals surface area contributed by atoms with E-state index in [0.717, 1.165) is 25.7 Å². The molecule has 0 atom stereocenters. The zero-order valence-electron chi connectivity index (χ0n) is 16.1. The summed E-state index contributed by atoms with van der Waals surface area (Å²) in [5.74, 6) is 0. The van der Waals surface area contributed by atoms with Crippen LogP contribution in [0.3, 0.4) is 0 Å². The highest BCUT2D eigenvalue weighted by molar-refractivity contribution is 6.60. The molecule has 0 saturated heterocycles. The van der Waals surface area contributed by atoms with Gasteiger partial charge in [-0.2, -0.15) is 0 Å². The molecule has 24 heavy (non-hydrogen) atoms. The lowest BCUT2D eigenvalue weighted by molar-refractivity contribution is 0.121. The predicted octanol–water partition coefficient (Wildman–Crippen LogP) is 0.959. The number of hydrogen-bond donors (Lipinski definition) is 2. The first-order valence-corrected chi connectivity index (χ1v) is 12.0. The fraction of sp³-hybridized carbons (Fsp3) is 1.00. The second kappa shape index (κ2) is 11.7. The number of hydrogen-bond acceptors (Lipinski definition) is 8. The lowest BCUT2D eigenvalue weighted by Crippen LogP contribution is -2.49. The van der Waals surface area contributed by atoms with Crippen LogP contribution in [-0.2, 0) is 26.6 Å². The van der Waals surface area contributed by atoms with E-state index < -0.39 is 23.1 Å². The highest BCUT2D eigenvalue weighted by atomic mass is 28.4. The second-order valence-corrected chi connectivity index (χ2v) is 12.0. The Morgan fingerprint density at radius 1 is 0.667 bits per heavy atom. The van der Waals surface area contributed by atoms with Crippen LogP contribution >= 0.6 is 0 Å². The standard InChI is InChI=1S/C14H36N2O6Si2/c1-17-23(18-2,19-3)11-7-9-14(16,13-15)10-8-12-24(20-4,21-5)22-6/h7-13,15-16H2,1-6H3. The SMILES string of the molecule is CO[Si](CCCC(N)(CN)CCC[Si](OC)(OC)OC)(OC)OC. The Balaban J connectivity index is 4.49. The van der Waals surface area contributed by atoms with Gasteiger partial charge in [-0.3, -0.25) is 0 Å². The summed E-state index contributed by atoms with van der Waals surface area (Å²) in [6.07, 6.45) is 3.21. The van der Waals surface area contributed by atoms with Gasteiger partial charge in [-0.1, -0.05) is 0 Å². The molecule has 0 amide bonds. The van der Waals surface area contributed by atoms with Gasteiger partial charge >= 0.3 is 17.6 Å². The molecule has 0 aromatic carbocycles. The van der Waals surface area contributed by atoms with E-state index in [1.165, 1.54) is 0 Å². The van der Waals surface area contributed by atoms with Crippen LogP contribution in [0.25, 0.3) is 0 Å². The first kappa shape index (κ1) is 24.1. The lowest BCUT2D eigenvalue weighted by Gasteiger charge is -2.31. The molecule has 0 radical (unpaired) electrons. The van der Waals surface area contributed by atoms with Gasteiger partial charge in [0.1, 0.15) is 0 Å². The summed E-state index contributed by atoms with van der Waals surface area (Å²) in [5.41, 5.74) is 11.9.